The number of benzene rings is 1. The zero-order chi connectivity index (χ0) is 19.0. The van der Waals surface area contributed by atoms with Crippen LogP contribution in [0.5, 0.6) is 0 Å². The SMILES string of the molecule is Cc1nn(Cc2ccccc2Cl)c2sc(C(=O)N(C)CC3CCCO3)cc12. The third-order valence-electron chi connectivity index (χ3n) is 4.94. The first-order valence-electron chi connectivity index (χ1n) is 9.10. The number of fused-ring (bicyclic) bond motifs is 1. The summed E-state index contributed by atoms with van der Waals surface area (Å²) in [7, 11) is 1.84. The number of carbonyl (C=O) groups is 1. The van der Waals surface area contributed by atoms with Crippen molar-refractivity contribution in [2.75, 3.05) is 20.2 Å². The Hall–Kier alpha value is -1.89. The third-order valence-corrected chi connectivity index (χ3v) is 6.45. The quantitative estimate of drug-likeness (QED) is 0.636. The summed E-state index contributed by atoms with van der Waals surface area (Å²) in [5, 5.41) is 6.39. The molecule has 1 aliphatic rings. The fraction of sp³-hybridized carbons (Fsp3) is 0.400. The van der Waals surface area contributed by atoms with E-state index in [0.717, 1.165) is 50.8 Å². The molecule has 0 radical (unpaired) electrons. The van der Waals surface area contributed by atoms with Crippen LogP contribution < -0.4 is 0 Å². The van der Waals surface area contributed by atoms with E-state index in [1.165, 1.54) is 11.3 Å². The van der Waals surface area contributed by atoms with Crippen LogP contribution in [0.2, 0.25) is 5.02 Å². The van der Waals surface area contributed by atoms with Gasteiger partial charge < -0.3 is 9.64 Å². The van der Waals surface area contributed by atoms with E-state index in [4.69, 9.17) is 16.3 Å². The molecule has 1 unspecified atom stereocenters. The van der Waals surface area contributed by atoms with Gasteiger partial charge in [0.2, 0.25) is 0 Å². The summed E-state index contributed by atoms with van der Waals surface area (Å²) >= 11 is 7.79. The monoisotopic (exact) mass is 403 g/mol. The van der Waals surface area contributed by atoms with Gasteiger partial charge in [-0.1, -0.05) is 29.8 Å². The van der Waals surface area contributed by atoms with E-state index < -0.39 is 0 Å². The van der Waals surface area contributed by atoms with Crippen LogP contribution in [0.25, 0.3) is 10.2 Å². The molecule has 0 bridgehead atoms. The Morgan fingerprint density at radius 1 is 1.44 bits per heavy atom. The van der Waals surface area contributed by atoms with E-state index in [0.29, 0.717) is 13.1 Å². The van der Waals surface area contributed by atoms with Crippen molar-refractivity contribution in [1.29, 1.82) is 0 Å². The van der Waals surface area contributed by atoms with E-state index in [9.17, 15) is 4.79 Å². The number of aromatic nitrogens is 2. The number of ether oxygens (including phenoxy) is 1. The molecule has 1 amide bonds. The number of carbonyl (C=O) groups excluding carboxylic acids is 1. The summed E-state index contributed by atoms with van der Waals surface area (Å²) in [5.74, 6) is 0.0374. The van der Waals surface area contributed by atoms with Gasteiger partial charge in [0.05, 0.1) is 23.2 Å². The molecule has 142 valence electrons. The van der Waals surface area contributed by atoms with Gasteiger partial charge in [-0.3, -0.25) is 9.48 Å². The molecular formula is C20H22ClN3O2S. The number of halogens is 1. The summed E-state index contributed by atoms with van der Waals surface area (Å²) in [5.41, 5.74) is 1.94. The van der Waals surface area contributed by atoms with Crippen molar-refractivity contribution in [3.05, 3.63) is 51.5 Å². The van der Waals surface area contributed by atoms with Crippen LogP contribution >= 0.6 is 22.9 Å². The van der Waals surface area contributed by atoms with Crippen LogP contribution in [0.4, 0.5) is 0 Å². The van der Waals surface area contributed by atoms with E-state index in [1.807, 2.05) is 49.0 Å². The Kier molecular flexibility index (Phi) is 5.21. The maximum atomic E-state index is 12.9. The Labute approximate surface area is 167 Å². The smallest absolute Gasteiger partial charge is 0.263 e. The maximum Gasteiger partial charge on any atom is 0.263 e. The van der Waals surface area contributed by atoms with Gasteiger partial charge in [-0.15, -0.1) is 11.3 Å². The highest BCUT2D eigenvalue weighted by molar-refractivity contribution is 7.20. The van der Waals surface area contributed by atoms with Crippen LogP contribution in [-0.4, -0.2) is 46.9 Å². The predicted octanol–water partition coefficient (Wildman–Crippen LogP) is 4.36. The Balaban J connectivity index is 1.58. The number of hydrogen-bond donors (Lipinski definition) is 0. The summed E-state index contributed by atoms with van der Waals surface area (Å²) in [6.45, 7) is 4.00. The average molecular weight is 404 g/mol. The molecular weight excluding hydrogens is 382 g/mol. The first-order valence-corrected chi connectivity index (χ1v) is 10.3. The molecule has 3 heterocycles. The fourth-order valence-electron chi connectivity index (χ4n) is 3.48. The molecule has 1 aliphatic heterocycles. The summed E-state index contributed by atoms with van der Waals surface area (Å²) in [4.78, 5) is 16.4. The summed E-state index contributed by atoms with van der Waals surface area (Å²) < 4.78 is 7.59. The van der Waals surface area contributed by atoms with Crippen molar-refractivity contribution < 1.29 is 9.53 Å². The first-order chi connectivity index (χ1) is 13.0. The number of amides is 1. The number of thiophene rings is 1. The summed E-state index contributed by atoms with van der Waals surface area (Å²) in [6, 6.07) is 9.73. The van der Waals surface area contributed by atoms with Crippen LogP contribution in [0.3, 0.4) is 0 Å². The molecule has 0 N–H and O–H groups in total. The van der Waals surface area contributed by atoms with E-state index in [-0.39, 0.29) is 12.0 Å². The fourth-order valence-corrected chi connectivity index (χ4v) is 4.83. The molecule has 1 aromatic carbocycles. The lowest BCUT2D eigenvalue weighted by molar-refractivity contribution is 0.0591. The van der Waals surface area contributed by atoms with Crippen molar-refractivity contribution in [3.63, 3.8) is 0 Å². The van der Waals surface area contributed by atoms with Gasteiger partial charge in [-0.05, 0) is 37.5 Å². The minimum atomic E-state index is 0.0374. The Morgan fingerprint density at radius 3 is 3.00 bits per heavy atom. The molecule has 3 aromatic rings. The van der Waals surface area contributed by atoms with Crippen molar-refractivity contribution in [2.45, 2.75) is 32.4 Å². The molecule has 0 aliphatic carbocycles. The zero-order valence-electron chi connectivity index (χ0n) is 15.4. The number of aryl methyl sites for hydroxylation is 1. The van der Waals surface area contributed by atoms with E-state index in [1.54, 1.807) is 4.90 Å². The van der Waals surface area contributed by atoms with Gasteiger partial charge in [-0.2, -0.15) is 5.10 Å². The minimum absolute atomic E-state index is 0.0374. The van der Waals surface area contributed by atoms with Gasteiger partial charge in [0.25, 0.3) is 5.91 Å². The van der Waals surface area contributed by atoms with Crippen molar-refractivity contribution >= 4 is 39.1 Å². The topological polar surface area (TPSA) is 47.4 Å². The molecule has 1 saturated heterocycles. The molecule has 0 saturated carbocycles. The standard InChI is InChI=1S/C20H22ClN3O2S/c1-13-16-10-18(19(25)23(2)12-15-7-5-9-26-15)27-20(16)24(22-13)11-14-6-3-4-8-17(14)21/h3-4,6,8,10,15H,5,7,9,11-12H2,1-2H3. The second-order valence-electron chi connectivity index (χ2n) is 6.98. The van der Waals surface area contributed by atoms with E-state index >= 15 is 0 Å². The lowest BCUT2D eigenvalue weighted by atomic mass is 10.2. The molecule has 1 atom stereocenters. The highest BCUT2D eigenvalue weighted by Gasteiger charge is 2.23. The molecule has 0 spiro atoms. The molecule has 7 heteroatoms. The van der Waals surface area contributed by atoms with Gasteiger partial charge in [0, 0.05) is 30.6 Å². The Morgan fingerprint density at radius 2 is 2.26 bits per heavy atom. The molecule has 2 aromatic heterocycles. The lowest BCUT2D eigenvalue weighted by Gasteiger charge is -2.20. The highest BCUT2D eigenvalue weighted by atomic mass is 35.5. The lowest BCUT2D eigenvalue weighted by Crippen LogP contribution is -2.33. The number of rotatable bonds is 5. The van der Waals surface area contributed by atoms with Crippen LogP contribution in [0.1, 0.15) is 33.8 Å². The first kappa shape index (κ1) is 18.5. The highest BCUT2D eigenvalue weighted by Crippen LogP contribution is 2.30. The number of nitrogens with zero attached hydrogens (tertiary/aromatic N) is 3. The molecule has 27 heavy (non-hydrogen) atoms. The van der Waals surface area contributed by atoms with Crippen LogP contribution in [0, 0.1) is 6.92 Å². The van der Waals surface area contributed by atoms with Gasteiger partial charge in [0.15, 0.2) is 0 Å². The van der Waals surface area contributed by atoms with Gasteiger partial charge in [0.1, 0.15) is 4.83 Å². The number of likely N-dealkylation sites (N-methyl/N-ethyl adjacent to an activating group) is 1. The van der Waals surface area contributed by atoms with Gasteiger partial charge >= 0.3 is 0 Å². The third kappa shape index (κ3) is 3.74. The maximum absolute atomic E-state index is 12.9. The average Bonchev–Trinajstić information content (AvgIpc) is 3.36. The summed E-state index contributed by atoms with van der Waals surface area (Å²) in [6.07, 6.45) is 2.26. The number of hydrogen-bond acceptors (Lipinski definition) is 4. The second-order valence-corrected chi connectivity index (χ2v) is 8.42. The zero-order valence-corrected chi connectivity index (χ0v) is 17.0. The van der Waals surface area contributed by atoms with Crippen molar-refractivity contribution in [2.24, 2.45) is 0 Å². The van der Waals surface area contributed by atoms with Gasteiger partial charge in [-0.25, -0.2) is 0 Å². The van der Waals surface area contributed by atoms with Crippen LogP contribution in [0.15, 0.2) is 30.3 Å². The van der Waals surface area contributed by atoms with E-state index in [2.05, 4.69) is 5.10 Å². The van der Waals surface area contributed by atoms with Crippen molar-refractivity contribution in [1.82, 2.24) is 14.7 Å². The normalized spacial score (nSPS) is 16.9. The second kappa shape index (κ2) is 7.62. The minimum Gasteiger partial charge on any atom is -0.376 e. The largest absolute Gasteiger partial charge is 0.376 e. The van der Waals surface area contributed by atoms with Crippen molar-refractivity contribution in [3.8, 4) is 0 Å². The van der Waals surface area contributed by atoms with Crippen LogP contribution in [-0.2, 0) is 11.3 Å². The predicted molar refractivity (Wildman–Crippen MR) is 109 cm³/mol. The molecule has 5 nitrogen and oxygen atoms in total. The Bertz CT molecular complexity index is 975. The molecule has 4 rings (SSSR count). The molecule has 1 fully saturated rings.